The van der Waals surface area contributed by atoms with Gasteiger partial charge in [0.1, 0.15) is 5.69 Å². The van der Waals surface area contributed by atoms with Gasteiger partial charge in [0.15, 0.2) is 0 Å². The molecule has 0 aliphatic heterocycles. The Balaban J connectivity index is 2.27. The van der Waals surface area contributed by atoms with Gasteiger partial charge in [0.2, 0.25) is 0 Å². The summed E-state index contributed by atoms with van der Waals surface area (Å²) in [5.41, 5.74) is 2.13. The van der Waals surface area contributed by atoms with E-state index in [2.05, 4.69) is 17.0 Å². The average Bonchev–Trinajstić information content (AvgIpc) is 2.02. The average molecular weight is 157 g/mol. The molecule has 0 aromatic carbocycles. The van der Waals surface area contributed by atoms with Crippen molar-refractivity contribution in [2.45, 2.75) is 25.2 Å². The van der Waals surface area contributed by atoms with Crippen LogP contribution in [0.2, 0.25) is 0 Å². The van der Waals surface area contributed by atoms with E-state index in [1.165, 1.54) is 24.8 Å². The lowest BCUT2D eigenvalue weighted by Gasteiger charge is -2.25. The SMILES string of the molecule is C#Cc1cc(C2CCC2)ccn1. The van der Waals surface area contributed by atoms with Crippen molar-refractivity contribution in [3.05, 3.63) is 29.6 Å². The van der Waals surface area contributed by atoms with Crippen molar-refractivity contribution in [2.75, 3.05) is 0 Å². The van der Waals surface area contributed by atoms with E-state index in [4.69, 9.17) is 6.42 Å². The topological polar surface area (TPSA) is 12.9 Å². The standard InChI is InChI=1S/C11H11N/c1-2-11-8-10(6-7-12-11)9-4-3-5-9/h1,6-9H,3-5H2. The first-order valence-electron chi connectivity index (χ1n) is 4.33. The van der Waals surface area contributed by atoms with Crippen molar-refractivity contribution in [1.29, 1.82) is 0 Å². The predicted octanol–water partition coefficient (Wildman–Crippen LogP) is 2.33. The van der Waals surface area contributed by atoms with E-state index in [0.717, 1.165) is 11.6 Å². The number of hydrogen-bond donors (Lipinski definition) is 0. The Morgan fingerprint density at radius 3 is 2.92 bits per heavy atom. The molecule has 2 rings (SSSR count). The molecule has 1 saturated carbocycles. The first kappa shape index (κ1) is 7.36. The number of hydrogen-bond acceptors (Lipinski definition) is 1. The van der Waals surface area contributed by atoms with Gasteiger partial charge >= 0.3 is 0 Å². The monoisotopic (exact) mass is 157 g/mol. The van der Waals surface area contributed by atoms with Gasteiger partial charge in [-0.2, -0.15) is 0 Å². The molecule has 0 amide bonds. The summed E-state index contributed by atoms with van der Waals surface area (Å²) >= 11 is 0. The van der Waals surface area contributed by atoms with Gasteiger partial charge in [-0.05, 0) is 36.5 Å². The van der Waals surface area contributed by atoms with Crippen LogP contribution in [0.25, 0.3) is 0 Å². The summed E-state index contributed by atoms with van der Waals surface area (Å²) in [6, 6.07) is 4.11. The van der Waals surface area contributed by atoms with Crippen molar-refractivity contribution in [2.24, 2.45) is 0 Å². The van der Waals surface area contributed by atoms with Gasteiger partial charge in [0.25, 0.3) is 0 Å². The number of terminal acetylenes is 1. The molecule has 12 heavy (non-hydrogen) atoms. The zero-order chi connectivity index (χ0) is 8.39. The molecule has 0 spiro atoms. The van der Waals surface area contributed by atoms with Crippen LogP contribution in [-0.2, 0) is 0 Å². The molecule has 1 heterocycles. The lowest BCUT2D eigenvalue weighted by molar-refractivity contribution is 0.419. The molecule has 0 N–H and O–H groups in total. The molecule has 1 heteroatoms. The molecule has 0 saturated heterocycles. The third kappa shape index (κ3) is 1.21. The Hall–Kier alpha value is -1.29. The Morgan fingerprint density at radius 1 is 1.50 bits per heavy atom. The summed E-state index contributed by atoms with van der Waals surface area (Å²) < 4.78 is 0. The van der Waals surface area contributed by atoms with Gasteiger partial charge in [-0.25, -0.2) is 4.98 Å². The van der Waals surface area contributed by atoms with E-state index in [0.29, 0.717) is 0 Å². The van der Waals surface area contributed by atoms with Crippen molar-refractivity contribution >= 4 is 0 Å². The summed E-state index contributed by atoms with van der Waals surface area (Å²) in [6.07, 6.45) is 11.1. The second kappa shape index (κ2) is 2.98. The first-order valence-corrected chi connectivity index (χ1v) is 4.33. The number of nitrogens with zero attached hydrogens (tertiary/aromatic N) is 1. The van der Waals surface area contributed by atoms with E-state index in [1.807, 2.05) is 12.3 Å². The fourth-order valence-electron chi connectivity index (χ4n) is 1.52. The Kier molecular flexibility index (Phi) is 1.83. The van der Waals surface area contributed by atoms with E-state index in [1.54, 1.807) is 0 Å². The minimum absolute atomic E-state index is 0.750. The molecule has 1 aromatic rings. The van der Waals surface area contributed by atoms with Gasteiger partial charge in [-0.1, -0.05) is 12.3 Å². The van der Waals surface area contributed by atoms with E-state index in [-0.39, 0.29) is 0 Å². The van der Waals surface area contributed by atoms with Crippen LogP contribution in [0.15, 0.2) is 18.3 Å². The minimum atomic E-state index is 0.750. The van der Waals surface area contributed by atoms with E-state index < -0.39 is 0 Å². The molecule has 1 fully saturated rings. The fourth-order valence-corrected chi connectivity index (χ4v) is 1.52. The second-order valence-electron chi connectivity index (χ2n) is 3.25. The van der Waals surface area contributed by atoms with Crippen molar-refractivity contribution < 1.29 is 0 Å². The Bertz CT molecular complexity index is 318. The quantitative estimate of drug-likeness (QED) is 0.570. The maximum Gasteiger partial charge on any atom is 0.113 e. The molecule has 1 aromatic heterocycles. The third-order valence-electron chi connectivity index (χ3n) is 2.51. The highest BCUT2D eigenvalue weighted by Gasteiger charge is 2.19. The molecule has 0 unspecified atom stereocenters. The number of aromatic nitrogens is 1. The van der Waals surface area contributed by atoms with Crippen molar-refractivity contribution in [3.8, 4) is 12.3 Å². The Morgan fingerprint density at radius 2 is 2.33 bits per heavy atom. The predicted molar refractivity (Wildman–Crippen MR) is 48.8 cm³/mol. The molecule has 1 nitrogen and oxygen atoms in total. The summed E-state index contributed by atoms with van der Waals surface area (Å²) in [5, 5.41) is 0. The van der Waals surface area contributed by atoms with Crippen LogP contribution in [0, 0.1) is 12.3 Å². The summed E-state index contributed by atoms with van der Waals surface area (Å²) in [6.45, 7) is 0. The number of rotatable bonds is 1. The second-order valence-corrected chi connectivity index (χ2v) is 3.25. The first-order chi connectivity index (χ1) is 5.90. The number of pyridine rings is 1. The van der Waals surface area contributed by atoms with Crippen molar-refractivity contribution in [1.82, 2.24) is 4.98 Å². The molecular formula is C11H11N. The zero-order valence-corrected chi connectivity index (χ0v) is 6.96. The van der Waals surface area contributed by atoms with Gasteiger partial charge in [0, 0.05) is 6.20 Å². The van der Waals surface area contributed by atoms with Crippen LogP contribution in [-0.4, -0.2) is 4.98 Å². The van der Waals surface area contributed by atoms with Gasteiger partial charge in [0.05, 0.1) is 0 Å². The van der Waals surface area contributed by atoms with Gasteiger partial charge < -0.3 is 0 Å². The molecule has 0 radical (unpaired) electrons. The van der Waals surface area contributed by atoms with E-state index in [9.17, 15) is 0 Å². The van der Waals surface area contributed by atoms with Crippen molar-refractivity contribution in [3.63, 3.8) is 0 Å². The van der Waals surface area contributed by atoms with Crippen LogP contribution in [0.4, 0.5) is 0 Å². The van der Waals surface area contributed by atoms with Gasteiger partial charge in [-0.3, -0.25) is 0 Å². The molecule has 0 atom stereocenters. The molecule has 1 aliphatic rings. The normalized spacial score (nSPS) is 16.6. The minimum Gasteiger partial charge on any atom is -0.248 e. The van der Waals surface area contributed by atoms with E-state index >= 15 is 0 Å². The molecular weight excluding hydrogens is 146 g/mol. The van der Waals surface area contributed by atoms with Crippen LogP contribution >= 0.6 is 0 Å². The summed E-state index contributed by atoms with van der Waals surface area (Å²) in [7, 11) is 0. The van der Waals surface area contributed by atoms with Gasteiger partial charge in [-0.15, -0.1) is 6.42 Å². The van der Waals surface area contributed by atoms with Crippen LogP contribution in [0.5, 0.6) is 0 Å². The largest absolute Gasteiger partial charge is 0.248 e. The highest BCUT2D eigenvalue weighted by molar-refractivity contribution is 5.30. The fraction of sp³-hybridized carbons (Fsp3) is 0.364. The highest BCUT2D eigenvalue weighted by atomic mass is 14.7. The van der Waals surface area contributed by atoms with Crippen LogP contribution < -0.4 is 0 Å². The maximum atomic E-state index is 5.27. The molecule has 0 bridgehead atoms. The maximum absolute atomic E-state index is 5.27. The lowest BCUT2D eigenvalue weighted by atomic mass is 9.80. The smallest absolute Gasteiger partial charge is 0.113 e. The molecule has 1 aliphatic carbocycles. The highest BCUT2D eigenvalue weighted by Crippen LogP contribution is 2.35. The third-order valence-corrected chi connectivity index (χ3v) is 2.51. The summed E-state index contributed by atoms with van der Waals surface area (Å²) in [5.74, 6) is 3.31. The van der Waals surface area contributed by atoms with Crippen LogP contribution in [0.3, 0.4) is 0 Å². The lowest BCUT2D eigenvalue weighted by Crippen LogP contribution is -2.08. The summed E-state index contributed by atoms with van der Waals surface area (Å²) in [4.78, 5) is 4.06. The Labute approximate surface area is 72.8 Å². The molecule has 60 valence electrons. The van der Waals surface area contributed by atoms with Crippen LogP contribution in [0.1, 0.15) is 36.4 Å². The zero-order valence-electron chi connectivity index (χ0n) is 6.96.